The number of aromatic nitrogens is 1. The molecular formula is C14H16N+. The van der Waals surface area contributed by atoms with Gasteiger partial charge in [-0.1, -0.05) is 12.1 Å². The summed E-state index contributed by atoms with van der Waals surface area (Å²) in [4.78, 5) is 0. The van der Waals surface area contributed by atoms with Gasteiger partial charge < -0.3 is 0 Å². The largest absolute Gasteiger partial charge is 0.212 e. The molecule has 3 rings (SSSR count). The lowest BCUT2D eigenvalue weighted by Crippen LogP contribution is -2.35. The molecule has 1 aliphatic rings. The first-order valence-electron chi connectivity index (χ1n) is 5.68. The van der Waals surface area contributed by atoms with Crippen LogP contribution in [0.3, 0.4) is 0 Å². The van der Waals surface area contributed by atoms with Crippen LogP contribution in [0.2, 0.25) is 0 Å². The van der Waals surface area contributed by atoms with Crippen LogP contribution in [-0.4, -0.2) is 0 Å². The molecule has 0 fully saturated rings. The zero-order valence-electron chi connectivity index (χ0n) is 9.38. The maximum absolute atomic E-state index is 2.38. The smallest absolute Gasteiger partial charge is 0.198 e. The molecule has 0 saturated carbocycles. The van der Waals surface area contributed by atoms with Crippen LogP contribution in [0.15, 0.2) is 24.3 Å². The molecule has 2 aromatic rings. The fourth-order valence-electron chi connectivity index (χ4n) is 2.89. The van der Waals surface area contributed by atoms with Crippen LogP contribution >= 0.6 is 0 Å². The van der Waals surface area contributed by atoms with Crippen molar-refractivity contribution in [1.29, 1.82) is 0 Å². The third kappa shape index (κ3) is 1.12. The Morgan fingerprint density at radius 3 is 2.80 bits per heavy atom. The molecular weight excluding hydrogens is 182 g/mol. The molecule has 0 N–H and O–H groups in total. The standard InChI is InChI=1S/C14H16N/c1-10-11-6-3-4-8-13(11)15(2)14-9-5-7-12(10)14/h3-4,6,8H,5,7,9H2,1-2H3/q+1. The van der Waals surface area contributed by atoms with Crippen molar-refractivity contribution in [3.8, 4) is 0 Å². The fourth-order valence-corrected chi connectivity index (χ4v) is 2.89. The molecule has 1 aliphatic carbocycles. The van der Waals surface area contributed by atoms with Crippen molar-refractivity contribution in [3.05, 3.63) is 41.1 Å². The Hall–Kier alpha value is -1.37. The Bertz CT molecular complexity index is 492. The first-order chi connectivity index (χ1) is 7.29. The molecule has 1 aromatic heterocycles. The molecule has 0 spiro atoms. The summed E-state index contributed by atoms with van der Waals surface area (Å²) in [6.07, 6.45) is 3.83. The topological polar surface area (TPSA) is 3.88 Å². The predicted octanol–water partition coefficient (Wildman–Crippen LogP) is 2.46. The molecule has 76 valence electrons. The highest BCUT2D eigenvalue weighted by Gasteiger charge is 2.25. The molecule has 0 bridgehead atoms. The van der Waals surface area contributed by atoms with Crippen molar-refractivity contribution in [1.82, 2.24) is 0 Å². The number of rotatable bonds is 0. The predicted molar refractivity (Wildman–Crippen MR) is 61.9 cm³/mol. The van der Waals surface area contributed by atoms with Gasteiger partial charge in [-0.3, -0.25) is 0 Å². The van der Waals surface area contributed by atoms with Crippen LogP contribution in [-0.2, 0) is 19.9 Å². The van der Waals surface area contributed by atoms with Crippen molar-refractivity contribution >= 4 is 10.9 Å². The van der Waals surface area contributed by atoms with Crippen molar-refractivity contribution in [2.45, 2.75) is 26.2 Å². The Morgan fingerprint density at radius 2 is 1.93 bits per heavy atom. The highest BCUT2D eigenvalue weighted by Crippen LogP contribution is 2.27. The minimum atomic E-state index is 1.25. The molecule has 1 nitrogen and oxygen atoms in total. The lowest BCUT2D eigenvalue weighted by Gasteiger charge is -2.07. The number of para-hydroxylation sites is 1. The summed E-state index contributed by atoms with van der Waals surface area (Å²) in [7, 11) is 2.20. The molecule has 0 unspecified atom stereocenters. The number of benzene rings is 1. The lowest BCUT2D eigenvalue weighted by atomic mass is 10.0. The Kier molecular flexibility index (Phi) is 1.82. The summed E-state index contributed by atoms with van der Waals surface area (Å²) < 4.78 is 2.38. The van der Waals surface area contributed by atoms with E-state index >= 15 is 0 Å². The van der Waals surface area contributed by atoms with Crippen molar-refractivity contribution in [2.75, 3.05) is 0 Å². The molecule has 1 aromatic carbocycles. The van der Waals surface area contributed by atoms with Crippen LogP contribution in [0.4, 0.5) is 0 Å². The zero-order chi connectivity index (χ0) is 10.4. The van der Waals surface area contributed by atoms with Gasteiger partial charge in [-0.2, -0.15) is 4.57 Å². The van der Waals surface area contributed by atoms with E-state index < -0.39 is 0 Å². The van der Waals surface area contributed by atoms with Gasteiger partial charge in [-0.05, 0) is 31.4 Å². The van der Waals surface area contributed by atoms with E-state index in [-0.39, 0.29) is 0 Å². The summed E-state index contributed by atoms with van der Waals surface area (Å²) in [6.45, 7) is 2.27. The molecule has 1 heterocycles. The number of nitrogens with zero attached hydrogens (tertiary/aromatic N) is 1. The molecule has 0 saturated heterocycles. The number of pyridine rings is 1. The van der Waals surface area contributed by atoms with Gasteiger partial charge in [0.1, 0.15) is 7.05 Å². The number of fused-ring (bicyclic) bond motifs is 2. The van der Waals surface area contributed by atoms with E-state index in [1.165, 1.54) is 35.7 Å². The molecule has 1 heteroatoms. The monoisotopic (exact) mass is 198 g/mol. The summed E-state index contributed by atoms with van der Waals surface area (Å²) in [5.74, 6) is 0. The molecule has 0 atom stereocenters. The van der Waals surface area contributed by atoms with E-state index in [1.54, 1.807) is 11.3 Å². The van der Waals surface area contributed by atoms with Gasteiger partial charge in [0.15, 0.2) is 5.69 Å². The summed E-state index contributed by atoms with van der Waals surface area (Å²) in [5, 5.41) is 1.42. The summed E-state index contributed by atoms with van der Waals surface area (Å²) in [5.41, 5.74) is 6.01. The number of hydrogen-bond acceptors (Lipinski definition) is 0. The van der Waals surface area contributed by atoms with E-state index in [1.807, 2.05) is 0 Å². The molecule has 0 amide bonds. The van der Waals surface area contributed by atoms with E-state index in [4.69, 9.17) is 0 Å². The van der Waals surface area contributed by atoms with Crippen LogP contribution < -0.4 is 4.57 Å². The highest BCUT2D eigenvalue weighted by molar-refractivity contribution is 5.80. The molecule has 15 heavy (non-hydrogen) atoms. The van der Waals surface area contributed by atoms with Gasteiger partial charge in [-0.25, -0.2) is 0 Å². The van der Waals surface area contributed by atoms with Gasteiger partial charge in [0.25, 0.3) is 0 Å². The minimum absolute atomic E-state index is 1.25. The van der Waals surface area contributed by atoms with Gasteiger partial charge in [0.2, 0.25) is 5.52 Å². The average Bonchev–Trinajstić information content (AvgIpc) is 2.75. The first kappa shape index (κ1) is 8.90. The number of hydrogen-bond donors (Lipinski definition) is 0. The van der Waals surface area contributed by atoms with Gasteiger partial charge in [-0.15, -0.1) is 0 Å². The molecule has 0 radical (unpaired) electrons. The maximum Gasteiger partial charge on any atom is 0.212 e. The van der Waals surface area contributed by atoms with Gasteiger partial charge in [0, 0.05) is 23.4 Å². The number of aryl methyl sites for hydroxylation is 2. The van der Waals surface area contributed by atoms with E-state index in [9.17, 15) is 0 Å². The van der Waals surface area contributed by atoms with Crippen molar-refractivity contribution < 1.29 is 4.57 Å². The first-order valence-corrected chi connectivity index (χ1v) is 5.68. The second kappa shape index (κ2) is 3.06. The quantitative estimate of drug-likeness (QED) is 0.572. The van der Waals surface area contributed by atoms with Crippen LogP contribution in [0.1, 0.15) is 23.2 Å². The SMILES string of the molecule is Cc1c2c([n+](C)c3ccccc13)CCC2. The Balaban J connectivity index is 2.51. The summed E-state index contributed by atoms with van der Waals surface area (Å²) in [6, 6.07) is 8.73. The van der Waals surface area contributed by atoms with Crippen LogP contribution in [0.25, 0.3) is 10.9 Å². The lowest BCUT2D eigenvalue weighted by molar-refractivity contribution is -0.652. The van der Waals surface area contributed by atoms with E-state index in [0.717, 1.165) is 0 Å². The van der Waals surface area contributed by atoms with Crippen molar-refractivity contribution in [2.24, 2.45) is 7.05 Å². The summed E-state index contributed by atoms with van der Waals surface area (Å²) >= 11 is 0. The Morgan fingerprint density at radius 1 is 1.13 bits per heavy atom. The molecule has 0 aliphatic heterocycles. The third-order valence-corrected chi connectivity index (χ3v) is 3.72. The average molecular weight is 198 g/mol. The van der Waals surface area contributed by atoms with E-state index in [0.29, 0.717) is 0 Å². The minimum Gasteiger partial charge on any atom is -0.198 e. The Labute approximate surface area is 90.4 Å². The third-order valence-electron chi connectivity index (χ3n) is 3.72. The normalized spacial score (nSPS) is 14.5. The van der Waals surface area contributed by atoms with Crippen molar-refractivity contribution in [3.63, 3.8) is 0 Å². The maximum atomic E-state index is 2.38. The highest BCUT2D eigenvalue weighted by atomic mass is 14.9. The van der Waals surface area contributed by atoms with Crippen LogP contribution in [0, 0.1) is 6.92 Å². The van der Waals surface area contributed by atoms with Gasteiger partial charge in [0.05, 0.1) is 0 Å². The van der Waals surface area contributed by atoms with E-state index in [2.05, 4.69) is 42.8 Å². The second-order valence-corrected chi connectivity index (χ2v) is 4.48. The zero-order valence-corrected chi connectivity index (χ0v) is 9.38. The fraction of sp³-hybridized carbons (Fsp3) is 0.357. The van der Waals surface area contributed by atoms with Gasteiger partial charge >= 0.3 is 0 Å². The second-order valence-electron chi connectivity index (χ2n) is 4.48. The van der Waals surface area contributed by atoms with Crippen LogP contribution in [0.5, 0.6) is 0 Å².